The molecule has 1 aliphatic rings. The van der Waals surface area contributed by atoms with Crippen molar-refractivity contribution in [2.45, 2.75) is 38.5 Å². The van der Waals surface area contributed by atoms with E-state index >= 15 is 0 Å². The van der Waals surface area contributed by atoms with Crippen molar-refractivity contribution in [3.05, 3.63) is 38.4 Å². The smallest absolute Gasteiger partial charge is 0.273 e. The van der Waals surface area contributed by atoms with Gasteiger partial charge >= 0.3 is 0 Å². The number of ketones is 1. The van der Waals surface area contributed by atoms with Gasteiger partial charge in [0.1, 0.15) is 6.61 Å². The molecule has 0 saturated heterocycles. The maximum absolute atomic E-state index is 11.9. The first-order chi connectivity index (χ1) is 10.5. The molecule has 5 nitrogen and oxygen atoms in total. The van der Waals surface area contributed by atoms with E-state index in [1.165, 1.54) is 32.4 Å². The Morgan fingerprint density at radius 2 is 2.05 bits per heavy atom. The first kappa shape index (κ1) is 16.9. The molecule has 0 heterocycles. The third kappa shape index (κ3) is 4.05. The summed E-state index contributed by atoms with van der Waals surface area (Å²) in [6.07, 6.45) is 6.43. The second-order valence-electron chi connectivity index (χ2n) is 5.78. The number of nitro groups is 1. The van der Waals surface area contributed by atoms with Gasteiger partial charge in [-0.1, -0.05) is 43.7 Å². The van der Waals surface area contributed by atoms with Crippen molar-refractivity contribution in [1.29, 1.82) is 0 Å². The maximum atomic E-state index is 11.9. The number of hydrogen-bond donors (Lipinski definition) is 0. The van der Waals surface area contributed by atoms with E-state index in [1.807, 2.05) is 0 Å². The van der Waals surface area contributed by atoms with E-state index in [0.717, 1.165) is 12.8 Å². The second kappa shape index (κ2) is 7.70. The highest BCUT2D eigenvalue weighted by Crippen LogP contribution is 2.33. The lowest BCUT2D eigenvalue weighted by molar-refractivity contribution is -0.385. The van der Waals surface area contributed by atoms with Gasteiger partial charge in [0, 0.05) is 24.3 Å². The van der Waals surface area contributed by atoms with Gasteiger partial charge in [-0.05, 0) is 18.4 Å². The Hall–Kier alpha value is -1.46. The summed E-state index contributed by atoms with van der Waals surface area (Å²) in [4.78, 5) is 22.8. The first-order valence-electron chi connectivity index (χ1n) is 7.52. The number of halogens is 1. The van der Waals surface area contributed by atoms with Crippen molar-refractivity contribution >= 4 is 23.1 Å². The van der Waals surface area contributed by atoms with Gasteiger partial charge in [0.25, 0.3) is 5.69 Å². The van der Waals surface area contributed by atoms with Crippen LogP contribution < -0.4 is 0 Å². The van der Waals surface area contributed by atoms with Gasteiger partial charge in [-0.3, -0.25) is 14.9 Å². The Morgan fingerprint density at radius 3 is 2.64 bits per heavy atom. The number of nitrogens with zero attached hydrogens (tertiary/aromatic N) is 1. The van der Waals surface area contributed by atoms with Crippen LogP contribution in [0.4, 0.5) is 5.69 Å². The molecule has 0 radical (unpaired) electrons. The third-order valence-corrected chi connectivity index (χ3v) is 4.49. The van der Waals surface area contributed by atoms with Crippen molar-refractivity contribution in [2.75, 3.05) is 13.7 Å². The molecular formula is C16H20ClNO4. The number of benzene rings is 1. The van der Waals surface area contributed by atoms with Crippen LogP contribution >= 0.6 is 11.6 Å². The molecule has 0 unspecified atom stereocenters. The molecule has 2 rings (SSSR count). The van der Waals surface area contributed by atoms with Gasteiger partial charge in [-0.25, -0.2) is 0 Å². The van der Waals surface area contributed by atoms with E-state index in [0.29, 0.717) is 17.9 Å². The summed E-state index contributed by atoms with van der Waals surface area (Å²) in [5.41, 5.74) is 0.757. The van der Waals surface area contributed by atoms with Crippen LogP contribution in [0.2, 0.25) is 5.02 Å². The lowest BCUT2D eigenvalue weighted by Crippen LogP contribution is -2.12. The fraction of sp³-hybridized carbons (Fsp3) is 0.562. The molecule has 22 heavy (non-hydrogen) atoms. The highest BCUT2D eigenvalue weighted by atomic mass is 35.5. The van der Waals surface area contributed by atoms with Gasteiger partial charge in [0.2, 0.25) is 0 Å². The summed E-state index contributed by atoms with van der Waals surface area (Å²) in [7, 11) is 1.40. The fourth-order valence-electron chi connectivity index (χ4n) is 3.06. The molecule has 0 aromatic heterocycles. The van der Waals surface area contributed by atoms with E-state index in [1.54, 1.807) is 6.07 Å². The molecular weight excluding hydrogens is 306 g/mol. The molecule has 1 fully saturated rings. The van der Waals surface area contributed by atoms with Crippen LogP contribution in [0.15, 0.2) is 12.1 Å². The largest absolute Gasteiger partial charge is 0.377 e. The molecule has 120 valence electrons. The molecule has 0 atom stereocenters. The summed E-state index contributed by atoms with van der Waals surface area (Å²) in [5.74, 6) is 0.115. The Labute approximate surface area is 134 Å². The SMILES string of the molecule is COCC(=O)c1cc([N+](=O)[O-])c(CC2CCCCC2)cc1Cl. The molecule has 0 aliphatic heterocycles. The van der Waals surface area contributed by atoms with Crippen LogP contribution in [0.25, 0.3) is 0 Å². The Bertz CT molecular complexity index is 568. The number of hydrogen-bond acceptors (Lipinski definition) is 4. The van der Waals surface area contributed by atoms with E-state index in [4.69, 9.17) is 16.3 Å². The third-order valence-electron chi connectivity index (χ3n) is 4.17. The predicted molar refractivity (Wildman–Crippen MR) is 84.6 cm³/mol. The summed E-state index contributed by atoms with van der Waals surface area (Å²) in [6.45, 7) is -0.140. The zero-order chi connectivity index (χ0) is 16.1. The number of carbonyl (C=O) groups is 1. The molecule has 1 aliphatic carbocycles. The van der Waals surface area contributed by atoms with Crippen LogP contribution in [-0.4, -0.2) is 24.4 Å². The van der Waals surface area contributed by atoms with Gasteiger partial charge in [-0.15, -0.1) is 0 Å². The lowest BCUT2D eigenvalue weighted by Gasteiger charge is -2.21. The number of carbonyl (C=O) groups excluding carboxylic acids is 1. The topological polar surface area (TPSA) is 69.4 Å². The number of Topliss-reactive ketones (excluding diaryl/α,β-unsaturated/α-hetero) is 1. The molecule has 0 N–H and O–H groups in total. The zero-order valence-corrected chi connectivity index (χ0v) is 13.4. The van der Waals surface area contributed by atoms with Crippen molar-refractivity contribution in [1.82, 2.24) is 0 Å². The quantitative estimate of drug-likeness (QED) is 0.446. The summed E-state index contributed by atoms with van der Waals surface area (Å²) in [6, 6.07) is 2.87. The molecule has 0 spiro atoms. The predicted octanol–water partition coefficient (Wildman–Crippen LogP) is 4.20. The molecule has 1 saturated carbocycles. The lowest BCUT2D eigenvalue weighted by atomic mass is 9.84. The summed E-state index contributed by atoms with van der Waals surface area (Å²) >= 11 is 6.16. The number of ether oxygens (including phenoxy) is 1. The van der Waals surface area contributed by atoms with Gasteiger partial charge in [-0.2, -0.15) is 0 Å². The van der Waals surface area contributed by atoms with Crippen LogP contribution in [-0.2, 0) is 11.2 Å². The number of nitro benzene ring substituents is 1. The van der Waals surface area contributed by atoms with E-state index < -0.39 is 4.92 Å². The van der Waals surface area contributed by atoms with Crippen LogP contribution in [0.1, 0.15) is 48.0 Å². The fourth-order valence-corrected chi connectivity index (χ4v) is 3.35. The van der Waals surface area contributed by atoms with E-state index in [2.05, 4.69) is 0 Å². The zero-order valence-electron chi connectivity index (χ0n) is 12.6. The van der Waals surface area contributed by atoms with Crippen molar-refractivity contribution < 1.29 is 14.5 Å². The number of rotatable bonds is 6. The number of methoxy groups -OCH3 is 1. The average Bonchev–Trinajstić information content (AvgIpc) is 2.48. The first-order valence-corrected chi connectivity index (χ1v) is 7.89. The Balaban J connectivity index is 2.30. The highest BCUT2D eigenvalue weighted by molar-refractivity contribution is 6.34. The van der Waals surface area contributed by atoms with Crippen molar-refractivity contribution in [3.8, 4) is 0 Å². The summed E-state index contributed by atoms with van der Waals surface area (Å²) < 4.78 is 4.79. The maximum Gasteiger partial charge on any atom is 0.273 e. The molecule has 1 aromatic carbocycles. The van der Waals surface area contributed by atoms with Crippen LogP contribution in [0.5, 0.6) is 0 Å². The second-order valence-corrected chi connectivity index (χ2v) is 6.19. The Kier molecular flexibility index (Phi) is 5.91. The van der Waals surface area contributed by atoms with Gasteiger partial charge in [0.05, 0.1) is 9.95 Å². The molecule has 1 aromatic rings. The average molecular weight is 326 g/mol. The highest BCUT2D eigenvalue weighted by Gasteiger charge is 2.24. The monoisotopic (exact) mass is 325 g/mol. The Morgan fingerprint density at radius 1 is 1.36 bits per heavy atom. The summed E-state index contributed by atoms with van der Waals surface area (Å²) in [5, 5.41) is 11.6. The minimum atomic E-state index is -0.432. The van der Waals surface area contributed by atoms with Crippen molar-refractivity contribution in [3.63, 3.8) is 0 Å². The van der Waals surface area contributed by atoms with Crippen LogP contribution in [0.3, 0.4) is 0 Å². The van der Waals surface area contributed by atoms with E-state index in [-0.39, 0.29) is 28.7 Å². The molecule has 0 bridgehead atoms. The van der Waals surface area contributed by atoms with Crippen LogP contribution in [0, 0.1) is 16.0 Å². The minimum absolute atomic E-state index is 0.0190. The van der Waals surface area contributed by atoms with Gasteiger partial charge < -0.3 is 4.74 Å². The minimum Gasteiger partial charge on any atom is -0.377 e. The van der Waals surface area contributed by atoms with Crippen molar-refractivity contribution in [2.24, 2.45) is 5.92 Å². The molecule has 6 heteroatoms. The normalized spacial score (nSPS) is 15.7. The molecule has 0 amide bonds. The van der Waals surface area contributed by atoms with Gasteiger partial charge in [0.15, 0.2) is 5.78 Å². The van der Waals surface area contributed by atoms with E-state index in [9.17, 15) is 14.9 Å². The standard InChI is InChI=1S/C16H20ClNO4/c1-22-10-16(19)13-9-15(18(20)21)12(8-14(13)17)7-11-5-3-2-4-6-11/h8-9,11H,2-7,10H2,1H3.